The Balaban J connectivity index is 1.77. The zero-order chi connectivity index (χ0) is 22.4. The van der Waals surface area contributed by atoms with E-state index in [-0.39, 0.29) is 21.8 Å². The van der Waals surface area contributed by atoms with E-state index < -0.39 is 24.4 Å². The van der Waals surface area contributed by atoms with Crippen LogP contribution in [0.3, 0.4) is 0 Å². The van der Waals surface area contributed by atoms with E-state index in [0.717, 1.165) is 30.6 Å². The molecule has 0 atom stereocenters. The number of amides is 2. The van der Waals surface area contributed by atoms with Crippen LogP contribution < -0.4 is 16.6 Å². The number of nitrogens with zero attached hydrogens (tertiary/aromatic N) is 2. The molecular weight excluding hydrogens is 420 g/mol. The molecule has 162 valence electrons. The maximum atomic E-state index is 12.7. The molecule has 0 unspecified atom stereocenters. The number of hydrogen-bond donors (Lipinski definition) is 2. The third-order valence-electron chi connectivity index (χ3n) is 4.55. The lowest BCUT2D eigenvalue weighted by molar-refractivity contribution is -0.119. The highest BCUT2D eigenvalue weighted by Crippen LogP contribution is 2.22. The summed E-state index contributed by atoms with van der Waals surface area (Å²) in [5.41, 5.74) is 5.11. The fourth-order valence-electron chi connectivity index (χ4n) is 3.01. The van der Waals surface area contributed by atoms with E-state index >= 15 is 0 Å². The lowest BCUT2D eigenvalue weighted by Crippen LogP contribution is -2.28. The van der Waals surface area contributed by atoms with Crippen molar-refractivity contribution in [1.82, 2.24) is 9.78 Å². The van der Waals surface area contributed by atoms with Crippen molar-refractivity contribution in [3.05, 3.63) is 57.3 Å². The minimum Gasteiger partial charge on any atom is -0.451 e. The topological polar surface area (TPSA) is 133 Å². The monoisotopic (exact) mass is 442 g/mol. The van der Waals surface area contributed by atoms with E-state index in [2.05, 4.69) is 10.4 Å². The number of hydrogen-bond acceptors (Lipinski definition) is 7. The molecule has 2 heterocycles. The molecule has 0 bridgehead atoms. The van der Waals surface area contributed by atoms with E-state index in [0.29, 0.717) is 17.3 Å². The van der Waals surface area contributed by atoms with Crippen LogP contribution in [-0.2, 0) is 16.1 Å². The Bertz CT molecular complexity index is 1180. The Morgan fingerprint density at radius 3 is 2.61 bits per heavy atom. The predicted molar refractivity (Wildman–Crippen MR) is 117 cm³/mol. The first-order valence-corrected chi connectivity index (χ1v) is 10.6. The molecule has 0 aliphatic heterocycles. The Morgan fingerprint density at radius 1 is 1.16 bits per heavy atom. The second kappa shape index (κ2) is 9.98. The first-order chi connectivity index (χ1) is 14.9. The quantitative estimate of drug-likeness (QED) is 0.386. The van der Waals surface area contributed by atoms with Crippen LogP contribution in [0.25, 0.3) is 10.8 Å². The van der Waals surface area contributed by atoms with Crippen LogP contribution in [0.4, 0.5) is 5.00 Å². The molecule has 3 aromatic rings. The lowest BCUT2D eigenvalue weighted by Gasteiger charge is -2.11. The highest BCUT2D eigenvalue weighted by Gasteiger charge is 2.20. The summed E-state index contributed by atoms with van der Waals surface area (Å²) in [5.74, 6) is -2.12. The predicted octanol–water partition coefficient (Wildman–Crippen LogP) is 2.54. The molecule has 1 aromatic carbocycles. The van der Waals surface area contributed by atoms with Gasteiger partial charge in [-0.15, -0.1) is 11.3 Å². The van der Waals surface area contributed by atoms with Crippen molar-refractivity contribution in [1.29, 1.82) is 0 Å². The van der Waals surface area contributed by atoms with E-state index in [1.807, 2.05) is 6.92 Å². The summed E-state index contributed by atoms with van der Waals surface area (Å²) in [6.45, 7) is 1.85. The number of nitrogens with one attached hydrogen (secondary N) is 1. The zero-order valence-corrected chi connectivity index (χ0v) is 17.7. The Hall–Kier alpha value is -3.53. The standard InChI is InChI=1S/C21H22N4O5S/c1-2-3-6-10-25-20(28)14-8-5-4-7-13(14)17(24-25)21(29)30-12-16(26)23-19-15(18(22)27)9-11-31-19/h4-5,7-9,11H,2-3,6,10,12H2,1H3,(H2,22,27)(H,23,26). The van der Waals surface area contributed by atoms with Gasteiger partial charge in [-0.2, -0.15) is 5.10 Å². The summed E-state index contributed by atoms with van der Waals surface area (Å²) in [7, 11) is 0. The molecule has 0 saturated heterocycles. The second-order valence-electron chi connectivity index (χ2n) is 6.78. The van der Waals surface area contributed by atoms with Crippen molar-refractivity contribution < 1.29 is 19.1 Å². The molecule has 3 N–H and O–H groups in total. The van der Waals surface area contributed by atoms with Gasteiger partial charge >= 0.3 is 5.97 Å². The van der Waals surface area contributed by atoms with Gasteiger partial charge in [0.05, 0.1) is 10.9 Å². The number of carbonyl (C=O) groups is 3. The maximum Gasteiger partial charge on any atom is 0.359 e. The first kappa shape index (κ1) is 22.2. The third-order valence-corrected chi connectivity index (χ3v) is 5.38. The number of esters is 1. The van der Waals surface area contributed by atoms with Crippen LogP contribution in [0.5, 0.6) is 0 Å². The van der Waals surface area contributed by atoms with Crippen LogP contribution >= 0.6 is 11.3 Å². The molecule has 3 rings (SSSR count). The van der Waals surface area contributed by atoms with Crippen molar-refractivity contribution in [3.63, 3.8) is 0 Å². The normalized spacial score (nSPS) is 10.7. The average molecular weight is 442 g/mol. The van der Waals surface area contributed by atoms with Gasteiger partial charge in [0.2, 0.25) is 0 Å². The molecule has 2 amide bonds. The summed E-state index contributed by atoms with van der Waals surface area (Å²) in [5, 5.41) is 9.31. The number of primary amides is 1. The maximum absolute atomic E-state index is 12.7. The fourth-order valence-corrected chi connectivity index (χ4v) is 3.82. The van der Waals surface area contributed by atoms with Gasteiger partial charge in [0.25, 0.3) is 17.4 Å². The van der Waals surface area contributed by atoms with Gasteiger partial charge in [0.15, 0.2) is 12.3 Å². The Kier molecular flexibility index (Phi) is 7.14. The minimum absolute atomic E-state index is 0.0338. The second-order valence-corrected chi connectivity index (χ2v) is 7.70. The molecule has 0 aliphatic rings. The van der Waals surface area contributed by atoms with Gasteiger partial charge in [0.1, 0.15) is 5.00 Å². The van der Waals surface area contributed by atoms with Gasteiger partial charge in [-0.1, -0.05) is 38.0 Å². The fraction of sp³-hybridized carbons (Fsp3) is 0.286. The number of thiophene rings is 1. The number of fused-ring (bicyclic) bond motifs is 1. The molecular formula is C21H22N4O5S. The van der Waals surface area contributed by atoms with Gasteiger partial charge in [0, 0.05) is 11.9 Å². The van der Waals surface area contributed by atoms with Crippen LogP contribution in [-0.4, -0.2) is 34.2 Å². The highest BCUT2D eigenvalue weighted by molar-refractivity contribution is 7.14. The summed E-state index contributed by atoms with van der Waals surface area (Å²) in [6.07, 6.45) is 2.66. The Labute approximate surface area is 181 Å². The highest BCUT2D eigenvalue weighted by atomic mass is 32.1. The summed E-state index contributed by atoms with van der Waals surface area (Å²) < 4.78 is 6.39. The number of nitrogens with two attached hydrogens (primary N) is 1. The number of rotatable bonds is 9. The van der Waals surface area contributed by atoms with Crippen LogP contribution in [0, 0.1) is 0 Å². The van der Waals surface area contributed by atoms with Crippen LogP contribution in [0.1, 0.15) is 47.0 Å². The van der Waals surface area contributed by atoms with E-state index in [4.69, 9.17) is 10.5 Å². The van der Waals surface area contributed by atoms with Crippen molar-refractivity contribution in [3.8, 4) is 0 Å². The molecule has 2 aromatic heterocycles. The molecule has 0 radical (unpaired) electrons. The van der Waals surface area contributed by atoms with Crippen molar-refractivity contribution in [2.24, 2.45) is 5.73 Å². The summed E-state index contributed by atoms with van der Waals surface area (Å²) in [6, 6.07) is 8.13. The SMILES string of the molecule is CCCCCn1nc(C(=O)OCC(=O)Nc2sccc2C(N)=O)c2ccccc2c1=O. The summed E-state index contributed by atoms with van der Waals surface area (Å²) >= 11 is 1.13. The summed E-state index contributed by atoms with van der Waals surface area (Å²) in [4.78, 5) is 48.9. The number of benzene rings is 1. The van der Waals surface area contributed by atoms with E-state index in [1.54, 1.807) is 29.6 Å². The van der Waals surface area contributed by atoms with E-state index in [9.17, 15) is 19.2 Å². The van der Waals surface area contributed by atoms with Crippen molar-refractivity contribution in [2.75, 3.05) is 11.9 Å². The molecule has 10 heteroatoms. The molecule has 31 heavy (non-hydrogen) atoms. The molecule has 0 fully saturated rings. The zero-order valence-electron chi connectivity index (χ0n) is 16.9. The number of aromatic nitrogens is 2. The van der Waals surface area contributed by atoms with Crippen LogP contribution in [0.2, 0.25) is 0 Å². The minimum atomic E-state index is -0.822. The molecule has 0 aliphatic carbocycles. The molecule has 9 nitrogen and oxygen atoms in total. The number of unbranched alkanes of at least 4 members (excludes halogenated alkanes) is 2. The van der Waals surface area contributed by atoms with Gasteiger partial charge in [-0.25, -0.2) is 9.48 Å². The number of anilines is 1. The lowest BCUT2D eigenvalue weighted by atomic mass is 10.1. The third kappa shape index (κ3) is 5.15. The average Bonchev–Trinajstić information content (AvgIpc) is 3.22. The first-order valence-electron chi connectivity index (χ1n) is 9.76. The van der Waals surface area contributed by atoms with Gasteiger partial charge in [-0.3, -0.25) is 14.4 Å². The Morgan fingerprint density at radius 2 is 1.90 bits per heavy atom. The number of aryl methyl sites for hydroxylation is 1. The number of ether oxygens (including phenoxy) is 1. The largest absolute Gasteiger partial charge is 0.451 e. The van der Waals surface area contributed by atoms with Gasteiger partial charge in [-0.05, 0) is 23.9 Å². The van der Waals surface area contributed by atoms with Crippen molar-refractivity contribution >= 4 is 44.9 Å². The molecule has 0 spiro atoms. The smallest absolute Gasteiger partial charge is 0.359 e. The number of carbonyl (C=O) groups excluding carboxylic acids is 3. The molecule has 0 saturated carbocycles. The van der Waals surface area contributed by atoms with E-state index in [1.165, 1.54) is 10.7 Å². The van der Waals surface area contributed by atoms with Crippen LogP contribution in [0.15, 0.2) is 40.5 Å². The van der Waals surface area contributed by atoms with Gasteiger partial charge < -0.3 is 15.8 Å². The van der Waals surface area contributed by atoms with Crippen molar-refractivity contribution in [2.45, 2.75) is 32.7 Å².